The zero-order valence-corrected chi connectivity index (χ0v) is 10.5. The van der Waals surface area contributed by atoms with Gasteiger partial charge in [0.15, 0.2) is 0 Å². The highest BCUT2D eigenvalue weighted by molar-refractivity contribution is 7.09. The maximum absolute atomic E-state index is 9.34. The van der Waals surface area contributed by atoms with Gasteiger partial charge in [-0.2, -0.15) is 5.26 Å². The van der Waals surface area contributed by atoms with Gasteiger partial charge in [0.1, 0.15) is 5.54 Å². The fourth-order valence-corrected chi connectivity index (χ4v) is 2.87. The Hall–Kier alpha value is -0.890. The number of nitriles is 1. The Morgan fingerprint density at radius 2 is 2.56 bits per heavy atom. The summed E-state index contributed by atoms with van der Waals surface area (Å²) in [6.07, 6.45) is 0.908. The van der Waals surface area contributed by atoms with E-state index in [4.69, 9.17) is 0 Å². The highest BCUT2D eigenvalue weighted by Gasteiger charge is 2.40. The summed E-state index contributed by atoms with van der Waals surface area (Å²) in [5.41, 5.74) is -0.363. The summed E-state index contributed by atoms with van der Waals surface area (Å²) >= 11 is 1.73. The second-order valence-electron chi connectivity index (χ2n) is 4.60. The van der Waals surface area contributed by atoms with E-state index in [1.807, 2.05) is 6.07 Å². The summed E-state index contributed by atoms with van der Waals surface area (Å²) in [4.78, 5) is 3.53. The Balaban J connectivity index is 1.99. The van der Waals surface area contributed by atoms with E-state index in [-0.39, 0.29) is 5.54 Å². The summed E-state index contributed by atoms with van der Waals surface area (Å²) in [6.45, 7) is 3.79. The molecule has 16 heavy (non-hydrogen) atoms. The average molecular weight is 235 g/mol. The molecule has 1 aromatic heterocycles. The predicted molar refractivity (Wildman–Crippen MR) is 66.2 cm³/mol. The molecule has 0 saturated carbocycles. The minimum absolute atomic E-state index is 0.363. The van der Waals surface area contributed by atoms with Gasteiger partial charge in [-0.3, -0.25) is 5.32 Å². The molecule has 2 atom stereocenters. The van der Waals surface area contributed by atoms with Crippen LogP contribution in [0.3, 0.4) is 0 Å². The number of likely N-dealkylation sites (tertiary alicyclic amines) is 1. The largest absolute Gasteiger partial charge is 0.301 e. The summed E-state index contributed by atoms with van der Waals surface area (Å²) in [6, 6.07) is 7.08. The summed E-state index contributed by atoms with van der Waals surface area (Å²) in [5.74, 6) is 0. The number of hydrogen-bond acceptors (Lipinski definition) is 4. The monoisotopic (exact) mass is 235 g/mol. The molecule has 3 nitrogen and oxygen atoms in total. The van der Waals surface area contributed by atoms with Gasteiger partial charge in [0.05, 0.1) is 6.07 Å². The van der Waals surface area contributed by atoms with Crippen LogP contribution in [0.25, 0.3) is 0 Å². The number of nitrogens with zero attached hydrogens (tertiary/aromatic N) is 2. The van der Waals surface area contributed by atoms with Crippen molar-refractivity contribution in [1.82, 2.24) is 10.2 Å². The van der Waals surface area contributed by atoms with Crippen LogP contribution in [0.1, 0.15) is 18.2 Å². The average Bonchev–Trinajstić information content (AvgIpc) is 2.86. The van der Waals surface area contributed by atoms with Gasteiger partial charge in [0, 0.05) is 24.0 Å². The Kier molecular flexibility index (Phi) is 3.29. The van der Waals surface area contributed by atoms with Gasteiger partial charge in [-0.1, -0.05) is 6.07 Å². The lowest BCUT2D eigenvalue weighted by Crippen LogP contribution is -2.45. The van der Waals surface area contributed by atoms with Crippen LogP contribution in [0.2, 0.25) is 0 Å². The van der Waals surface area contributed by atoms with Crippen LogP contribution < -0.4 is 5.32 Å². The van der Waals surface area contributed by atoms with E-state index >= 15 is 0 Å². The Labute approximate surface area is 101 Å². The first-order valence-electron chi connectivity index (χ1n) is 5.54. The first-order valence-corrected chi connectivity index (χ1v) is 6.42. The normalized spacial score (nSPS) is 30.4. The van der Waals surface area contributed by atoms with Crippen molar-refractivity contribution in [2.45, 2.75) is 31.5 Å². The molecule has 0 radical (unpaired) electrons. The predicted octanol–water partition coefficient (Wildman–Crippen LogP) is 1.82. The molecule has 1 N–H and O–H groups in total. The number of likely N-dealkylation sites (N-methyl/N-ethyl adjacent to an activating group) is 1. The molecule has 1 saturated heterocycles. The second kappa shape index (κ2) is 4.54. The molecule has 0 spiro atoms. The quantitative estimate of drug-likeness (QED) is 0.868. The third-order valence-electron chi connectivity index (χ3n) is 3.31. The van der Waals surface area contributed by atoms with Gasteiger partial charge in [0.2, 0.25) is 0 Å². The first kappa shape index (κ1) is 11.6. The van der Waals surface area contributed by atoms with Crippen molar-refractivity contribution in [3.8, 4) is 6.07 Å². The molecule has 1 fully saturated rings. The van der Waals surface area contributed by atoms with Crippen molar-refractivity contribution in [3.05, 3.63) is 22.4 Å². The standard InChI is InChI=1S/C12H17N3S/c1-10-6-12(8-13,9-15(10)2)14-7-11-4-3-5-16-11/h3-5,10,14H,6-7,9H2,1-2H3. The maximum Gasteiger partial charge on any atom is 0.121 e. The molecule has 2 rings (SSSR count). The lowest BCUT2D eigenvalue weighted by molar-refractivity contribution is 0.319. The van der Waals surface area contributed by atoms with Crippen LogP contribution in [0, 0.1) is 11.3 Å². The summed E-state index contributed by atoms with van der Waals surface area (Å²) in [5, 5.41) is 14.8. The lowest BCUT2D eigenvalue weighted by atomic mass is 9.98. The first-order chi connectivity index (χ1) is 7.65. The van der Waals surface area contributed by atoms with E-state index < -0.39 is 0 Å². The topological polar surface area (TPSA) is 39.1 Å². The maximum atomic E-state index is 9.34. The number of thiophene rings is 1. The molecule has 86 valence electrons. The van der Waals surface area contributed by atoms with E-state index in [1.165, 1.54) is 4.88 Å². The molecule has 0 amide bonds. The number of hydrogen-bond donors (Lipinski definition) is 1. The highest BCUT2D eigenvalue weighted by atomic mass is 32.1. The third kappa shape index (κ3) is 2.27. The smallest absolute Gasteiger partial charge is 0.121 e. The molecular weight excluding hydrogens is 218 g/mol. The minimum atomic E-state index is -0.363. The zero-order chi connectivity index (χ0) is 11.6. The van der Waals surface area contributed by atoms with Crippen molar-refractivity contribution in [3.63, 3.8) is 0 Å². The van der Waals surface area contributed by atoms with Crippen LogP contribution in [0.4, 0.5) is 0 Å². The van der Waals surface area contributed by atoms with Gasteiger partial charge in [-0.15, -0.1) is 11.3 Å². The molecule has 0 bridgehead atoms. The van der Waals surface area contributed by atoms with Crippen molar-refractivity contribution in [2.24, 2.45) is 0 Å². The lowest BCUT2D eigenvalue weighted by Gasteiger charge is -2.21. The Morgan fingerprint density at radius 3 is 3.06 bits per heavy atom. The fraction of sp³-hybridized carbons (Fsp3) is 0.583. The Bertz CT molecular complexity index is 369. The fourth-order valence-electron chi connectivity index (χ4n) is 2.22. The van der Waals surface area contributed by atoms with Crippen molar-refractivity contribution < 1.29 is 0 Å². The molecule has 4 heteroatoms. The van der Waals surface area contributed by atoms with Crippen LogP contribution in [-0.4, -0.2) is 30.1 Å². The van der Waals surface area contributed by atoms with Crippen LogP contribution in [0.15, 0.2) is 17.5 Å². The molecule has 2 heterocycles. The van der Waals surface area contributed by atoms with Gasteiger partial charge in [-0.25, -0.2) is 0 Å². The van der Waals surface area contributed by atoms with Gasteiger partial charge >= 0.3 is 0 Å². The minimum Gasteiger partial charge on any atom is -0.301 e. The van der Waals surface area contributed by atoms with Crippen molar-refractivity contribution in [1.29, 1.82) is 5.26 Å². The number of nitrogens with one attached hydrogen (secondary N) is 1. The highest BCUT2D eigenvalue weighted by Crippen LogP contribution is 2.25. The summed E-state index contributed by atoms with van der Waals surface area (Å²) < 4.78 is 0. The zero-order valence-electron chi connectivity index (χ0n) is 9.73. The Morgan fingerprint density at radius 1 is 1.75 bits per heavy atom. The van der Waals surface area contributed by atoms with Crippen molar-refractivity contribution >= 4 is 11.3 Å². The van der Waals surface area contributed by atoms with E-state index in [2.05, 4.69) is 41.7 Å². The van der Waals surface area contributed by atoms with Gasteiger partial charge in [0.25, 0.3) is 0 Å². The van der Waals surface area contributed by atoms with E-state index in [0.29, 0.717) is 6.04 Å². The number of rotatable bonds is 3. The summed E-state index contributed by atoms with van der Waals surface area (Å²) in [7, 11) is 2.08. The molecular formula is C12H17N3S. The van der Waals surface area contributed by atoms with Crippen LogP contribution in [-0.2, 0) is 6.54 Å². The van der Waals surface area contributed by atoms with E-state index in [9.17, 15) is 5.26 Å². The molecule has 0 aromatic carbocycles. The van der Waals surface area contributed by atoms with Gasteiger partial charge < -0.3 is 4.90 Å². The van der Waals surface area contributed by atoms with E-state index in [0.717, 1.165) is 19.5 Å². The van der Waals surface area contributed by atoms with Crippen LogP contribution >= 0.6 is 11.3 Å². The van der Waals surface area contributed by atoms with E-state index in [1.54, 1.807) is 11.3 Å². The molecule has 2 unspecified atom stereocenters. The molecule has 1 aliphatic rings. The van der Waals surface area contributed by atoms with Gasteiger partial charge in [-0.05, 0) is 31.8 Å². The molecule has 1 aromatic rings. The van der Waals surface area contributed by atoms with Crippen molar-refractivity contribution in [2.75, 3.05) is 13.6 Å². The third-order valence-corrected chi connectivity index (χ3v) is 4.19. The SMILES string of the molecule is CC1CC(C#N)(NCc2cccs2)CN1C. The molecule has 0 aliphatic carbocycles. The molecule has 1 aliphatic heterocycles. The van der Waals surface area contributed by atoms with Crippen LogP contribution in [0.5, 0.6) is 0 Å². The second-order valence-corrected chi connectivity index (χ2v) is 5.63.